The van der Waals surface area contributed by atoms with Crippen molar-refractivity contribution in [3.8, 4) is 0 Å². The number of hydrogen-bond donors (Lipinski definition) is 7. The summed E-state index contributed by atoms with van der Waals surface area (Å²) in [6, 6.07) is 9.52. The van der Waals surface area contributed by atoms with E-state index >= 15 is 0 Å². The molecule has 0 saturated heterocycles. The Labute approximate surface area is 154 Å². The summed E-state index contributed by atoms with van der Waals surface area (Å²) in [5.74, 6) is 0. The van der Waals surface area contributed by atoms with Crippen LogP contribution in [0.3, 0.4) is 0 Å². The van der Waals surface area contributed by atoms with Gasteiger partial charge in [-0.25, -0.2) is 0 Å². The third kappa shape index (κ3) is 95.7. The highest BCUT2D eigenvalue weighted by atomic mass is 32.5. The summed E-state index contributed by atoms with van der Waals surface area (Å²) < 4.78 is 0. The first-order valence-corrected chi connectivity index (χ1v) is 12.3. The van der Waals surface area contributed by atoms with Gasteiger partial charge in [0, 0.05) is 0 Å². The lowest BCUT2D eigenvalue weighted by atomic mass is 10.2. The predicted molar refractivity (Wildman–Crippen MR) is 106 cm³/mol. The van der Waals surface area contributed by atoms with Gasteiger partial charge in [-0.1, -0.05) is 70.9 Å². The molecule has 0 atom stereocenters. The Kier molecular flexibility index (Phi) is 28.3. The Morgan fingerprint density at radius 1 is 0.708 bits per heavy atom. The summed E-state index contributed by atoms with van der Waals surface area (Å²) in [5.41, 5.74) is 0.965. The maximum atomic E-state index is 8.54. The smallest absolute Gasteiger partial charge is 0.319 e. The molecule has 0 fully saturated rings. The van der Waals surface area contributed by atoms with E-state index in [0.29, 0.717) is 0 Å². The van der Waals surface area contributed by atoms with E-state index in [9.17, 15) is 0 Å². The van der Waals surface area contributed by atoms with Crippen LogP contribution in [0.5, 0.6) is 0 Å². The highest BCUT2D eigenvalue weighted by Gasteiger charge is 1.92. The average molecular weight is 424 g/mol. The molecule has 0 aliphatic rings. The van der Waals surface area contributed by atoms with Gasteiger partial charge in [0.1, 0.15) is 0 Å². The summed E-state index contributed by atoms with van der Waals surface area (Å²) in [4.78, 5) is 45.3. The van der Waals surface area contributed by atoms with Gasteiger partial charge in [-0.3, -0.25) is 0 Å². The van der Waals surface area contributed by atoms with Crippen molar-refractivity contribution in [2.75, 3.05) is 0 Å². The molecule has 7 nitrogen and oxygen atoms in total. The van der Waals surface area contributed by atoms with Crippen LogP contribution in [0.2, 0.25) is 0 Å². The first-order valence-electron chi connectivity index (χ1n) is 6.97. The zero-order valence-electron chi connectivity index (χ0n) is 14.3. The molecule has 0 aliphatic heterocycles. The van der Waals surface area contributed by atoms with Crippen molar-refractivity contribution in [3.05, 3.63) is 35.9 Å². The average Bonchev–Trinajstić information content (AvgIpc) is 2.38. The highest BCUT2D eigenvalue weighted by Crippen LogP contribution is 2.26. The van der Waals surface area contributed by atoms with E-state index in [1.54, 1.807) is 0 Å². The van der Waals surface area contributed by atoms with Gasteiger partial charge >= 0.3 is 13.4 Å². The second-order valence-corrected chi connectivity index (χ2v) is 9.08. The Morgan fingerprint density at radius 2 is 0.917 bits per heavy atom. The number of rotatable bonds is 1. The van der Waals surface area contributed by atoms with Crippen molar-refractivity contribution >= 4 is 37.1 Å². The molecule has 0 heterocycles. The first kappa shape index (κ1) is 32.0. The zero-order chi connectivity index (χ0) is 20.2. The van der Waals surface area contributed by atoms with Crippen molar-refractivity contribution < 1.29 is 34.5 Å². The summed E-state index contributed by atoms with van der Waals surface area (Å²) in [7, 11) is 0. The maximum absolute atomic E-state index is 8.54. The molecule has 146 valence electrons. The lowest BCUT2D eigenvalue weighted by molar-refractivity contribution is 0.282. The van der Waals surface area contributed by atoms with E-state index in [2.05, 4.69) is 51.3 Å². The molecular weight excluding hydrogens is 394 g/mol. The molecule has 1 aromatic rings. The largest absolute Gasteiger partial charge is 0.392 e. The van der Waals surface area contributed by atoms with E-state index in [4.69, 9.17) is 34.5 Å². The molecule has 0 radical (unpaired) electrons. The third-order valence-corrected chi connectivity index (χ3v) is 1.03. The molecule has 0 saturated carbocycles. The van der Waals surface area contributed by atoms with Crippen LogP contribution in [0, 0.1) is 0 Å². The first-order chi connectivity index (χ1) is 10.8. The van der Waals surface area contributed by atoms with Gasteiger partial charge in [0.15, 0.2) is 0 Å². The summed E-state index contributed by atoms with van der Waals surface area (Å²) >= 11 is 7.21. The van der Waals surface area contributed by atoms with Crippen molar-refractivity contribution in [2.45, 2.75) is 47.1 Å². The molecule has 11 heteroatoms. The van der Waals surface area contributed by atoms with Crippen LogP contribution >= 0.6 is 13.4 Å². The van der Waals surface area contributed by atoms with Crippen LogP contribution in [0.25, 0.3) is 0 Å². The quantitative estimate of drug-likeness (QED) is 0.338. The van der Waals surface area contributed by atoms with Gasteiger partial charge in [0.25, 0.3) is 0 Å². The molecule has 0 spiro atoms. The normalized spacial score (nSPS) is 9.46. The van der Waals surface area contributed by atoms with Crippen LogP contribution in [-0.4, -0.2) is 34.5 Å². The standard InChI is InChI=1S/C7H8O.2C3H8.2H3O3PS/c8-6-7-4-2-1-3-5-7;2*1-3-2;2*1-4(2,3)5/h1-5,8H,6H2;2*3H2,1-2H3;2*(H3,1,2,3,5). The molecule has 0 bridgehead atoms. The van der Waals surface area contributed by atoms with Gasteiger partial charge in [-0.15, -0.1) is 0 Å². The van der Waals surface area contributed by atoms with Crippen LogP contribution < -0.4 is 0 Å². The number of hydrogen-bond acceptors (Lipinski definition) is 3. The SMILES string of the molecule is CCC.CCC.OCc1ccccc1.OP(O)(O)=S.OP(O)(O)=S. The Hall–Kier alpha value is 0.240. The highest BCUT2D eigenvalue weighted by molar-refractivity contribution is 8.06. The second-order valence-electron chi connectivity index (χ2n) is 4.08. The number of benzene rings is 1. The fraction of sp³-hybridized carbons (Fsp3) is 0.538. The number of aliphatic hydroxyl groups excluding tert-OH is 1. The van der Waals surface area contributed by atoms with Gasteiger partial charge < -0.3 is 34.5 Å². The minimum Gasteiger partial charge on any atom is -0.392 e. The van der Waals surface area contributed by atoms with Crippen molar-refractivity contribution in [1.82, 2.24) is 0 Å². The van der Waals surface area contributed by atoms with E-state index in [1.807, 2.05) is 30.3 Å². The molecule has 7 N–H and O–H groups in total. The van der Waals surface area contributed by atoms with Gasteiger partial charge in [-0.05, 0) is 29.2 Å². The number of aliphatic hydroxyl groups is 1. The van der Waals surface area contributed by atoms with Crippen molar-refractivity contribution in [1.29, 1.82) is 0 Å². The summed E-state index contributed by atoms with van der Waals surface area (Å²) in [6.45, 7) is 1.03. The molecule has 0 amide bonds. The molecule has 1 aromatic carbocycles. The monoisotopic (exact) mass is 424 g/mol. The Morgan fingerprint density at radius 3 is 1.04 bits per heavy atom. The minimum atomic E-state index is -3.81. The third-order valence-electron chi connectivity index (χ3n) is 1.03. The minimum absolute atomic E-state index is 0.140. The topological polar surface area (TPSA) is 142 Å². The van der Waals surface area contributed by atoms with Crippen LogP contribution in [-0.2, 0) is 30.2 Å². The summed E-state index contributed by atoms with van der Waals surface area (Å²) in [5, 5.41) is 8.54. The maximum Gasteiger partial charge on any atom is 0.319 e. The lowest BCUT2D eigenvalue weighted by Crippen LogP contribution is -1.77. The Bertz CT molecular complexity index is 397. The fourth-order valence-electron chi connectivity index (χ4n) is 0.583. The molecule has 0 unspecified atom stereocenters. The van der Waals surface area contributed by atoms with Crippen molar-refractivity contribution in [3.63, 3.8) is 0 Å². The van der Waals surface area contributed by atoms with Crippen LogP contribution in [0.1, 0.15) is 46.1 Å². The van der Waals surface area contributed by atoms with Gasteiger partial charge in [-0.2, -0.15) is 0 Å². The van der Waals surface area contributed by atoms with Gasteiger partial charge in [0.05, 0.1) is 6.61 Å². The molecule has 24 heavy (non-hydrogen) atoms. The van der Waals surface area contributed by atoms with Crippen molar-refractivity contribution in [2.24, 2.45) is 0 Å². The van der Waals surface area contributed by atoms with E-state index in [1.165, 1.54) is 12.8 Å². The fourth-order valence-corrected chi connectivity index (χ4v) is 0.583. The molecular formula is C13H30O7P2S2. The molecule has 0 aliphatic carbocycles. The molecule has 1 rings (SSSR count). The Balaban J connectivity index is -0.000000111. The zero-order valence-corrected chi connectivity index (χ0v) is 17.8. The predicted octanol–water partition coefficient (Wildman–Crippen LogP) is 2.39. The van der Waals surface area contributed by atoms with Crippen LogP contribution in [0.4, 0.5) is 0 Å². The lowest BCUT2D eigenvalue weighted by Gasteiger charge is -1.89. The second kappa shape index (κ2) is 21.3. The van der Waals surface area contributed by atoms with E-state index < -0.39 is 13.4 Å². The van der Waals surface area contributed by atoms with E-state index in [0.717, 1.165) is 5.56 Å². The summed E-state index contributed by atoms with van der Waals surface area (Å²) in [6.07, 6.45) is 2.50. The van der Waals surface area contributed by atoms with E-state index in [-0.39, 0.29) is 6.61 Å². The van der Waals surface area contributed by atoms with Gasteiger partial charge in [0.2, 0.25) is 0 Å². The van der Waals surface area contributed by atoms with Crippen LogP contribution in [0.15, 0.2) is 30.3 Å². The molecule has 0 aromatic heterocycles.